The summed E-state index contributed by atoms with van der Waals surface area (Å²) in [7, 11) is -3.94. The van der Waals surface area contributed by atoms with E-state index in [1.165, 1.54) is 0 Å². The molecule has 7 heteroatoms. The molecule has 0 spiro atoms. The number of hydrogen-bond donors (Lipinski definition) is 1. The minimum absolute atomic E-state index is 0.201. The van der Waals surface area contributed by atoms with Crippen LogP contribution in [0.25, 0.3) is 21.8 Å². The third-order valence-corrected chi connectivity index (χ3v) is 4.05. The van der Waals surface area contributed by atoms with Crippen molar-refractivity contribution in [3.63, 3.8) is 0 Å². The van der Waals surface area contributed by atoms with Crippen LogP contribution in [0, 0.1) is 0 Å². The first-order valence-corrected chi connectivity index (χ1v) is 8.37. The van der Waals surface area contributed by atoms with Gasteiger partial charge in [0, 0.05) is 16.8 Å². The second-order valence-corrected chi connectivity index (χ2v) is 6.46. The Bertz CT molecular complexity index is 925. The predicted octanol–water partition coefficient (Wildman–Crippen LogP) is 2.44. The van der Waals surface area contributed by atoms with Crippen LogP contribution >= 0.6 is 0 Å². The lowest BCUT2D eigenvalue weighted by molar-refractivity contribution is 0.316. The van der Waals surface area contributed by atoms with E-state index < -0.39 is 10.1 Å². The van der Waals surface area contributed by atoms with Gasteiger partial charge in [0.1, 0.15) is 5.75 Å². The van der Waals surface area contributed by atoms with E-state index in [1.807, 2.05) is 36.4 Å². The molecule has 3 aromatic rings. The molecule has 0 saturated heterocycles. The molecule has 0 bridgehead atoms. The van der Waals surface area contributed by atoms with E-state index >= 15 is 0 Å². The largest absolute Gasteiger partial charge is 0.493 e. The number of aromatic nitrogens is 2. The summed E-state index contributed by atoms with van der Waals surface area (Å²) in [5.41, 5.74) is 1.54. The quantitative estimate of drug-likeness (QED) is 0.441. The number of ether oxygens (including phenoxy) is 1. The average Bonchev–Trinajstić information content (AvgIpc) is 2.50. The Morgan fingerprint density at radius 3 is 2.55 bits per heavy atom. The van der Waals surface area contributed by atoms with Crippen molar-refractivity contribution in [1.29, 1.82) is 0 Å². The van der Waals surface area contributed by atoms with E-state index in [9.17, 15) is 8.42 Å². The molecule has 22 heavy (non-hydrogen) atoms. The highest BCUT2D eigenvalue weighted by atomic mass is 32.2. The van der Waals surface area contributed by atoms with Crippen LogP contribution in [-0.2, 0) is 10.1 Å². The zero-order chi connectivity index (χ0) is 15.6. The second kappa shape index (κ2) is 5.86. The van der Waals surface area contributed by atoms with Gasteiger partial charge in [-0.2, -0.15) is 8.42 Å². The van der Waals surface area contributed by atoms with Crippen LogP contribution in [0.1, 0.15) is 6.42 Å². The summed E-state index contributed by atoms with van der Waals surface area (Å²) in [5.74, 6) is 0.276. The molecule has 6 nitrogen and oxygen atoms in total. The molecule has 1 N–H and O–H groups in total. The van der Waals surface area contributed by atoms with Crippen molar-refractivity contribution in [1.82, 2.24) is 10.2 Å². The van der Waals surface area contributed by atoms with Crippen molar-refractivity contribution in [3.05, 3.63) is 42.5 Å². The van der Waals surface area contributed by atoms with Gasteiger partial charge in [0.25, 0.3) is 10.1 Å². The Balaban J connectivity index is 1.80. The minimum atomic E-state index is -3.94. The molecule has 0 aliphatic rings. The number of hydrogen-bond acceptors (Lipinski definition) is 5. The Hall–Kier alpha value is -2.25. The number of fused-ring (bicyclic) bond motifs is 3. The molecule has 1 heterocycles. The summed E-state index contributed by atoms with van der Waals surface area (Å²) in [5, 5.41) is 10.3. The predicted molar refractivity (Wildman–Crippen MR) is 83.6 cm³/mol. The molecule has 0 saturated carbocycles. The van der Waals surface area contributed by atoms with Crippen LogP contribution in [0.4, 0.5) is 0 Å². The highest BCUT2D eigenvalue weighted by molar-refractivity contribution is 7.85. The fraction of sp³-hybridized carbons (Fsp3) is 0.200. The van der Waals surface area contributed by atoms with Crippen molar-refractivity contribution in [2.45, 2.75) is 6.42 Å². The topological polar surface area (TPSA) is 89.4 Å². The third-order valence-electron chi connectivity index (χ3n) is 3.24. The van der Waals surface area contributed by atoms with E-state index in [4.69, 9.17) is 9.29 Å². The second-order valence-electron chi connectivity index (χ2n) is 4.88. The molecule has 0 amide bonds. The molecule has 0 atom stereocenters. The third kappa shape index (κ3) is 3.32. The van der Waals surface area contributed by atoms with E-state index in [2.05, 4.69) is 10.2 Å². The minimum Gasteiger partial charge on any atom is -0.493 e. The van der Waals surface area contributed by atoms with Crippen LogP contribution < -0.4 is 4.74 Å². The van der Waals surface area contributed by atoms with E-state index in [0.29, 0.717) is 11.3 Å². The first-order valence-electron chi connectivity index (χ1n) is 6.76. The Morgan fingerprint density at radius 2 is 1.73 bits per heavy atom. The fourth-order valence-electron chi connectivity index (χ4n) is 2.24. The van der Waals surface area contributed by atoms with Crippen LogP contribution in [-0.4, -0.2) is 35.5 Å². The summed E-state index contributed by atoms with van der Waals surface area (Å²) in [4.78, 5) is 0. The molecular weight excluding hydrogens is 304 g/mol. The van der Waals surface area contributed by atoms with Gasteiger partial charge in [-0.05, 0) is 24.6 Å². The molecular formula is C15H14N2O4S. The molecule has 0 fully saturated rings. The zero-order valence-corrected chi connectivity index (χ0v) is 12.5. The van der Waals surface area contributed by atoms with E-state index in [1.54, 1.807) is 6.07 Å². The van der Waals surface area contributed by atoms with Gasteiger partial charge in [0.05, 0.1) is 23.4 Å². The SMILES string of the molecule is O=S(=O)(O)CCCOc1ccc2c(c1)nnc1ccccc12. The Labute approximate surface area is 127 Å². The monoisotopic (exact) mass is 318 g/mol. The standard InChI is InChI=1S/C15H14N2O4S/c18-22(19,20)9-3-8-21-11-6-7-13-12-4-1-2-5-14(12)16-17-15(13)10-11/h1-2,4-7,10H,3,8-9H2,(H,18,19,20). The summed E-state index contributed by atoms with van der Waals surface area (Å²) in [6, 6.07) is 13.2. The van der Waals surface area contributed by atoms with Crippen molar-refractivity contribution in [2.75, 3.05) is 12.4 Å². The van der Waals surface area contributed by atoms with Crippen LogP contribution in [0.15, 0.2) is 42.5 Å². The lowest BCUT2D eigenvalue weighted by Crippen LogP contribution is -2.08. The summed E-state index contributed by atoms with van der Waals surface area (Å²) in [6.45, 7) is 0.201. The maximum absolute atomic E-state index is 10.6. The zero-order valence-electron chi connectivity index (χ0n) is 11.6. The van der Waals surface area contributed by atoms with Gasteiger partial charge in [-0.15, -0.1) is 10.2 Å². The summed E-state index contributed by atoms with van der Waals surface area (Å²) < 4.78 is 35.4. The lowest BCUT2D eigenvalue weighted by atomic mass is 10.1. The average molecular weight is 318 g/mol. The number of nitrogens with zero attached hydrogens (tertiary/aromatic N) is 2. The normalized spacial score (nSPS) is 11.9. The maximum Gasteiger partial charge on any atom is 0.264 e. The smallest absolute Gasteiger partial charge is 0.264 e. The Morgan fingerprint density at radius 1 is 1.00 bits per heavy atom. The first kappa shape index (κ1) is 14.7. The van der Waals surface area contributed by atoms with E-state index in [0.717, 1.165) is 16.3 Å². The maximum atomic E-state index is 10.6. The van der Waals surface area contributed by atoms with Crippen molar-refractivity contribution in [3.8, 4) is 5.75 Å². The van der Waals surface area contributed by atoms with Crippen molar-refractivity contribution in [2.24, 2.45) is 0 Å². The molecule has 3 rings (SSSR count). The summed E-state index contributed by atoms with van der Waals surface area (Å²) in [6.07, 6.45) is 0.222. The van der Waals surface area contributed by atoms with Crippen LogP contribution in [0.3, 0.4) is 0 Å². The van der Waals surface area contributed by atoms with Gasteiger partial charge in [-0.3, -0.25) is 4.55 Å². The van der Waals surface area contributed by atoms with Gasteiger partial charge in [-0.1, -0.05) is 18.2 Å². The lowest BCUT2D eigenvalue weighted by Gasteiger charge is -2.07. The van der Waals surface area contributed by atoms with Gasteiger partial charge in [-0.25, -0.2) is 0 Å². The number of rotatable bonds is 5. The van der Waals surface area contributed by atoms with E-state index in [-0.39, 0.29) is 18.8 Å². The van der Waals surface area contributed by atoms with Crippen molar-refractivity contribution >= 4 is 31.9 Å². The first-order chi connectivity index (χ1) is 10.5. The van der Waals surface area contributed by atoms with Gasteiger partial charge >= 0.3 is 0 Å². The molecule has 0 unspecified atom stereocenters. The molecule has 1 aromatic heterocycles. The van der Waals surface area contributed by atoms with Crippen LogP contribution in [0.2, 0.25) is 0 Å². The van der Waals surface area contributed by atoms with Gasteiger partial charge < -0.3 is 4.74 Å². The molecule has 0 aliphatic heterocycles. The number of benzene rings is 2. The van der Waals surface area contributed by atoms with Gasteiger partial charge in [0.15, 0.2) is 0 Å². The van der Waals surface area contributed by atoms with Crippen molar-refractivity contribution < 1.29 is 17.7 Å². The fourth-order valence-corrected chi connectivity index (χ4v) is 2.72. The van der Waals surface area contributed by atoms with Gasteiger partial charge in [0.2, 0.25) is 0 Å². The molecule has 114 valence electrons. The molecule has 2 aromatic carbocycles. The Kier molecular flexibility index (Phi) is 3.91. The molecule has 0 aliphatic carbocycles. The van der Waals surface area contributed by atoms with Crippen LogP contribution in [0.5, 0.6) is 5.75 Å². The summed E-state index contributed by atoms with van der Waals surface area (Å²) >= 11 is 0. The highest BCUT2D eigenvalue weighted by Gasteiger charge is 2.06. The molecule has 0 radical (unpaired) electrons. The highest BCUT2D eigenvalue weighted by Crippen LogP contribution is 2.25.